The minimum atomic E-state index is -0.645. The van der Waals surface area contributed by atoms with Crippen LogP contribution in [0, 0.1) is 0 Å². The number of nitrogens with zero attached hydrogens (tertiary/aromatic N) is 1. The van der Waals surface area contributed by atoms with Gasteiger partial charge in [0.15, 0.2) is 0 Å². The zero-order valence-electron chi connectivity index (χ0n) is 13.2. The molecule has 21 heavy (non-hydrogen) atoms. The van der Waals surface area contributed by atoms with E-state index in [9.17, 15) is 5.11 Å². The van der Waals surface area contributed by atoms with Gasteiger partial charge in [0, 0.05) is 19.6 Å². The Kier molecular flexibility index (Phi) is 4.08. The highest BCUT2D eigenvalue weighted by atomic mass is 16.5. The van der Waals surface area contributed by atoms with E-state index in [-0.39, 0.29) is 5.60 Å². The lowest BCUT2D eigenvalue weighted by atomic mass is 9.84. The number of aliphatic hydroxyl groups is 1. The molecule has 1 aromatic carbocycles. The third-order valence-electron chi connectivity index (χ3n) is 5.01. The fourth-order valence-electron chi connectivity index (χ4n) is 3.64. The van der Waals surface area contributed by atoms with Gasteiger partial charge in [-0.2, -0.15) is 0 Å². The number of rotatable bonds is 3. The average molecular weight is 289 g/mol. The Morgan fingerprint density at radius 1 is 1.14 bits per heavy atom. The van der Waals surface area contributed by atoms with E-state index < -0.39 is 5.60 Å². The summed E-state index contributed by atoms with van der Waals surface area (Å²) in [6.45, 7) is 7.26. The zero-order valence-corrected chi connectivity index (χ0v) is 13.2. The van der Waals surface area contributed by atoms with Crippen molar-refractivity contribution in [1.29, 1.82) is 0 Å². The van der Waals surface area contributed by atoms with Crippen molar-refractivity contribution in [3.63, 3.8) is 0 Å². The molecule has 1 N–H and O–H groups in total. The molecule has 0 aliphatic carbocycles. The monoisotopic (exact) mass is 289 g/mol. The van der Waals surface area contributed by atoms with Crippen molar-refractivity contribution in [2.24, 2.45) is 0 Å². The molecule has 2 saturated heterocycles. The Balaban J connectivity index is 1.54. The van der Waals surface area contributed by atoms with Crippen LogP contribution in [0.25, 0.3) is 0 Å². The van der Waals surface area contributed by atoms with Gasteiger partial charge in [0.2, 0.25) is 0 Å². The molecule has 2 heterocycles. The van der Waals surface area contributed by atoms with Gasteiger partial charge < -0.3 is 14.7 Å². The second kappa shape index (κ2) is 5.71. The molecule has 1 unspecified atom stereocenters. The quantitative estimate of drug-likeness (QED) is 0.928. The topological polar surface area (TPSA) is 32.7 Å². The molecule has 3 rings (SSSR count). The molecule has 2 fully saturated rings. The molecule has 0 spiro atoms. The van der Waals surface area contributed by atoms with Crippen LogP contribution in [-0.2, 0) is 10.3 Å². The van der Waals surface area contributed by atoms with Crippen LogP contribution in [-0.4, -0.2) is 41.3 Å². The van der Waals surface area contributed by atoms with Gasteiger partial charge in [-0.3, -0.25) is 0 Å². The maximum absolute atomic E-state index is 10.8. The predicted molar refractivity (Wildman–Crippen MR) is 84.2 cm³/mol. The van der Waals surface area contributed by atoms with Crippen LogP contribution in [0.2, 0.25) is 0 Å². The van der Waals surface area contributed by atoms with Crippen LogP contribution in [0.5, 0.6) is 0 Å². The third-order valence-corrected chi connectivity index (χ3v) is 5.01. The lowest BCUT2D eigenvalue weighted by Gasteiger charge is -2.39. The van der Waals surface area contributed by atoms with Crippen LogP contribution in [0.3, 0.4) is 0 Å². The van der Waals surface area contributed by atoms with E-state index in [2.05, 4.69) is 18.7 Å². The fourth-order valence-corrected chi connectivity index (χ4v) is 3.64. The number of likely N-dealkylation sites (tertiary alicyclic amines) is 1. The Bertz CT molecular complexity index is 463. The molecule has 0 amide bonds. The first-order chi connectivity index (χ1) is 9.97. The van der Waals surface area contributed by atoms with Gasteiger partial charge in [0.05, 0.1) is 17.3 Å². The number of ether oxygens (including phenoxy) is 1. The molecule has 0 saturated carbocycles. The summed E-state index contributed by atoms with van der Waals surface area (Å²) >= 11 is 0. The summed E-state index contributed by atoms with van der Waals surface area (Å²) < 4.78 is 6.08. The molecule has 1 aromatic rings. The standard InChI is InChI=1S/C18H27NO2/c1-17(2)9-8-16(21-17)14-19-12-10-18(20,11-13-19)15-6-4-3-5-7-15/h3-7,16,20H,8-14H2,1-2H3. The summed E-state index contributed by atoms with van der Waals surface area (Å²) in [6, 6.07) is 10.1. The van der Waals surface area contributed by atoms with Crippen molar-refractivity contribution in [1.82, 2.24) is 4.90 Å². The molecule has 0 radical (unpaired) electrons. The molecular formula is C18H27NO2. The molecule has 0 aromatic heterocycles. The number of benzene rings is 1. The fraction of sp³-hybridized carbons (Fsp3) is 0.667. The van der Waals surface area contributed by atoms with Gasteiger partial charge in [0.25, 0.3) is 0 Å². The van der Waals surface area contributed by atoms with E-state index in [1.54, 1.807) is 0 Å². The van der Waals surface area contributed by atoms with Gasteiger partial charge in [-0.15, -0.1) is 0 Å². The summed E-state index contributed by atoms with van der Waals surface area (Å²) in [4.78, 5) is 2.45. The Hall–Kier alpha value is -0.900. The van der Waals surface area contributed by atoms with Crippen molar-refractivity contribution in [2.45, 2.75) is 56.8 Å². The van der Waals surface area contributed by atoms with E-state index in [1.807, 2.05) is 30.3 Å². The van der Waals surface area contributed by atoms with Crippen LogP contribution in [0.15, 0.2) is 30.3 Å². The van der Waals surface area contributed by atoms with E-state index >= 15 is 0 Å². The molecule has 2 aliphatic rings. The minimum Gasteiger partial charge on any atom is -0.385 e. The first-order valence-electron chi connectivity index (χ1n) is 8.15. The zero-order chi connectivity index (χ0) is 14.9. The van der Waals surface area contributed by atoms with Crippen molar-refractivity contribution < 1.29 is 9.84 Å². The SMILES string of the molecule is CC1(C)CCC(CN2CCC(O)(c3ccccc3)CC2)O1. The van der Waals surface area contributed by atoms with Crippen LogP contribution in [0.1, 0.15) is 45.1 Å². The van der Waals surface area contributed by atoms with E-state index in [1.165, 1.54) is 0 Å². The van der Waals surface area contributed by atoms with Gasteiger partial charge in [0.1, 0.15) is 0 Å². The smallest absolute Gasteiger partial charge is 0.0920 e. The lowest BCUT2D eigenvalue weighted by molar-refractivity contribution is -0.0567. The molecule has 116 valence electrons. The predicted octanol–water partition coefficient (Wildman–Crippen LogP) is 2.93. The van der Waals surface area contributed by atoms with Gasteiger partial charge in [-0.25, -0.2) is 0 Å². The van der Waals surface area contributed by atoms with Gasteiger partial charge in [-0.1, -0.05) is 30.3 Å². The molecular weight excluding hydrogens is 262 g/mol. The van der Waals surface area contributed by atoms with Crippen molar-refractivity contribution >= 4 is 0 Å². The van der Waals surface area contributed by atoms with E-state index in [0.717, 1.165) is 50.9 Å². The number of piperidine rings is 1. The number of hydrogen-bond donors (Lipinski definition) is 1. The average Bonchev–Trinajstić information content (AvgIpc) is 2.82. The van der Waals surface area contributed by atoms with Crippen LogP contribution in [0.4, 0.5) is 0 Å². The Morgan fingerprint density at radius 2 is 1.81 bits per heavy atom. The van der Waals surface area contributed by atoms with Crippen molar-refractivity contribution in [3.8, 4) is 0 Å². The first kappa shape index (κ1) is 15.0. The Morgan fingerprint density at radius 3 is 2.38 bits per heavy atom. The highest BCUT2D eigenvalue weighted by Crippen LogP contribution is 2.34. The Labute approximate surface area is 127 Å². The third kappa shape index (κ3) is 3.47. The minimum absolute atomic E-state index is 0.0469. The highest BCUT2D eigenvalue weighted by molar-refractivity contribution is 5.22. The highest BCUT2D eigenvalue weighted by Gasteiger charge is 2.37. The molecule has 0 bridgehead atoms. The van der Waals surface area contributed by atoms with Crippen molar-refractivity contribution in [2.75, 3.05) is 19.6 Å². The molecule has 3 heteroatoms. The summed E-state index contributed by atoms with van der Waals surface area (Å²) in [7, 11) is 0. The van der Waals surface area contributed by atoms with E-state index in [0.29, 0.717) is 6.10 Å². The van der Waals surface area contributed by atoms with Gasteiger partial charge in [-0.05, 0) is 45.1 Å². The summed E-state index contributed by atoms with van der Waals surface area (Å²) in [5, 5.41) is 10.8. The molecule has 1 atom stereocenters. The van der Waals surface area contributed by atoms with Crippen LogP contribution >= 0.6 is 0 Å². The van der Waals surface area contributed by atoms with E-state index in [4.69, 9.17) is 4.74 Å². The van der Waals surface area contributed by atoms with Crippen molar-refractivity contribution in [3.05, 3.63) is 35.9 Å². The van der Waals surface area contributed by atoms with Gasteiger partial charge >= 0.3 is 0 Å². The second-order valence-electron chi connectivity index (χ2n) is 7.24. The number of hydrogen-bond acceptors (Lipinski definition) is 3. The summed E-state index contributed by atoms with van der Waals surface area (Å²) in [5.74, 6) is 0. The normalized spacial score (nSPS) is 28.6. The lowest BCUT2D eigenvalue weighted by Crippen LogP contribution is -2.45. The second-order valence-corrected chi connectivity index (χ2v) is 7.24. The van der Waals surface area contributed by atoms with Crippen LogP contribution < -0.4 is 0 Å². The molecule has 2 aliphatic heterocycles. The maximum Gasteiger partial charge on any atom is 0.0920 e. The molecule has 3 nitrogen and oxygen atoms in total. The largest absolute Gasteiger partial charge is 0.385 e. The summed E-state index contributed by atoms with van der Waals surface area (Å²) in [5.41, 5.74) is 0.460. The summed E-state index contributed by atoms with van der Waals surface area (Å²) in [6.07, 6.45) is 4.30. The maximum atomic E-state index is 10.8. The first-order valence-corrected chi connectivity index (χ1v) is 8.15.